The lowest BCUT2D eigenvalue weighted by molar-refractivity contribution is -0.121. The first kappa shape index (κ1) is 13.9. The molecular formula is C14H16BrNO3. The minimum Gasteiger partial charge on any atom is -0.496 e. The van der Waals surface area contributed by atoms with Gasteiger partial charge >= 0.3 is 0 Å². The lowest BCUT2D eigenvalue weighted by atomic mass is 10.2. The Kier molecular flexibility index (Phi) is 4.85. The van der Waals surface area contributed by atoms with Crippen molar-refractivity contribution in [3.63, 3.8) is 0 Å². The van der Waals surface area contributed by atoms with Crippen LogP contribution in [0, 0.1) is 0 Å². The predicted octanol–water partition coefficient (Wildman–Crippen LogP) is 2.77. The highest BCUT2D eigenvalue weighted by Crippen LogP contribution is 2.22. The first-order valence-corrected chi connectivity index (χ1v) is 6.93. The summed E-state index contributed by atoms with van der Waals surface area (Å²) in [5.41, 5.74) is 0.918. The zero-order chi connectivity index (χ0) is 13.7. The van der Waals surface area contributed by atoms with Crippen molar-refractivity contribution in [2.24, 2.45) is 0 Å². The Morgan fingerprint density at radius 1 is 1.53 bits per heavy atom. The van der Waals surface area contributed by atoms with Crippen LogP contribution >= 0.6 is 15.9 Å². The minimum atomic E-state index is -0.179. The quantitative estimate of drug-likeness (QED) is 0.925. The van der Waals surface area contributed by atoms with E-state index in [-0.39, 0.29) is 5.91 Å². The Hall–Kier alpha value is -1.49. The van der Waals surface area contributed by atoms with Gasteiger partial charge in [0.1, 0.15) is 5.75 Å². The molecule has 19 heavy (non-hydrogen) atoms. The van der Waals surface area contributed by atoms with Gasteiger partial charge in [0.15, 0.2) is 5.76 Å². The number of nitrogens with one attached hydrogen (secondary N) is 1. The summed E-state index contributed by atoms with van der Waals surface area (Å²) in [6.45, 7) is 1.02. The Labute approximate surface area is 120 Å². The molecule has 0 aliphatic carbocycles. The topological polar surface area (TPSA) is 47.6 Å². The van der Waals surface area contributed by atoms with Crippen LogP contribution in [0.3, 0.4) is 0 Å². The van der Waals surface area contributed by atoms with E-state index in [1.165, 1.54) is 0 Å². The zero-order valence-corrected chi connectivity index (χ0v) is 12.3. The van der Waals surface area contributed by atoms with E-state index >= 15 is 0 Å². The molecule has 1 aromatic rings. The zero-order valence-electron chi connectivity index (χ0n) is 10.7. The van der Waals surface area contributed by atoms with Gasteiger partial charge in [0.2, 0.25) is 0 Å². The summed E-state index contributed by atoms with van der Waals surface area (Å²) < 4.78 is 11.5. The normalized spacial score (nSPS) is 14.3. The number of carbonyl (C=O) groups excluding carboxylic acids is 1. The fourth-order valence-corrected chi connectivity index (χ4v) is 2.27. The molecule has 1 heterocycles. The van der Waals surface area contributed by atoms with Gasteiger partial charge in [0.05, 0.1) is 13.7 Å². The predicted molar refractivity (Wildman–Crippen MR) is 75.8 cm³/mol. The molecule has 0 fully saturated rings. The van der Waals surface area contributed by atoms with Crippen molar-refractivity contribution in [1.82, 2.24) is 5.32 Å². The molecule has 1 aromatic carbocycles. The second-order valence-electron chi connectivity index (χ2n) is 4.20. The average Bonchev–Trinajstić information content (AvgIpc) is 2.46. The maximum atomic E-state index is 11.9. The summed E-state index contributed by atoms with van der Waals surface area (Å²) in [5.74, 6) is 0.990. The van der Waals surface area contributed by atoms with Crippen molar-refractivity contribution in [2.75, 3.05) is 13.7 Å². The highest BCUT2D eigenvalue weighted by molar-refractivity contribution is 9.10. The number of carbonyl (C=O) groups is 1. The van der Waals surface area contributed by atoms with Crippen LogP contribution in [0.15, 0.2) is 34.5 Å². The standard InChI is InChI=1S/C14H16BrNO3/c1-18-12-6-5-11(15)8-10(12)9-16-14(17)13-4-2-3-7-19-13/h4-6,8H,2-3,7,9H2,1H3,(H,16,17). The van der Waals surface area contributed by atoms with Crippen molar-refractivity contribution in [3.05, 3.63) is 40.1 Å². The molecule has 2 rings (SSSR count). The van der Waals surface area contributed by atoms with Gasteiger partial charge in [0.25, 0.3) is 5.91 Å². The summed E-state index contributed by atoms with van der Waals surface area (Å²) in [4.78, 5) is 11.9. The van der Waals surface area contributed by atoms with E-state index in [1.807, 2.05) is 24.3 Å². The smallest absolute Gasteiger partial charge is 0.286 e. The summed E-state index contributed by atoms with van der Waals surface area (Å²) >= 11 is 3.40. The lowest BCUT2D eigenvalue weighted by Gasteiger charge is -2.15. The van der Waals surface area contributed by atoms with Crippen molar-refractivity contribution in [2.45, 2.75) is 19.4 Å². The van der Waals surface area contributed by atoms with E-state index in [9.17, 15) is 4.79 Å². The molecule has 5 heteroatoms. The van der Waals surface area contributed by atoms with Gasteiger partial charge in [-0.2, -0.15) is 0 Å². The molecule has 0 radical (unpaired) electrons. The van der Waals surface area contributed by atoms with Gasteiger partial charge in [-0.15, -0.1) is 0 Å². The van der Waals surface area contributed by atoms with E-state index in [1.54, 1.807) is 7.11 Å². The van der Waals surface area contributed by atoms with Crippen LogP contribution < -0.4 is 10.1 Å². The first-order chi connectivity index (χ1) is 9.20. The van der Waals surface area contributed by atoms with Gasteiger partial charge in [-0.05, 0) is 37.1 Å². The molecule has 0 atom stereocenters. The number of benzene rings is 1. The summed E-state index contributed by atoms with van der Waals surface area (Å²) in [6, 6.07) is 5.69. The minimum absolute atomic E-state index is 0.179. The van der Waals surface area contributed by atoms with Crippen LogP contribution in [0.2, 0.25) is 0 Å². The first-order valence-electron chi connectivity index (χ1n) is 6.14. The fraction of sp³-hybridized carbons (Fsp3) is 0.357. The molecule has 0 unspecified atom stereocenters. The molecule has 4 nitrogen and oxygen atoms in total. The number of hydrogen-bond donors (Lipinski definition) is 1. The SMILES string of the molecule is COc1ccc(Br)cc1CNC(=O)C1=CCCCO1. The molecule has 1 aliphatic rings. The van der Waals surface area contributed by atoms with Crippen LogP contribution in [0.5, 0.6) is 5.75 Å². The van der Waals surface area contributed by atoms with E-state index in [0.29, 0.717) is 18.9 Å². The number of methoxy groups -OCH3 is 1. The van der Waals surface area contributed by atoms with Gasteiger partial charge in [0, 0.05) is 16.6 Å². The Morgan fingerprint density at radius 3 is 3.05 bits per heavy atom. The van der Waals surface area contributed by atoms with Gasteiger partial charge in [-0.25, -0.2) is 0 Å². The number of allylic oxidation sites excluding steroid dienone is 1. The van der Waals surface area contributed by atoms with Crippen molar-refractivity contribution >= 4 is 21.8 Å². The van der Waals surface area contributed by atoms with Crippen molar-refractivity contribution < 1.29 is 14.3 Å². The number of hydrogen-bond acceptors (Lipinski definition) is 3. The van der Waals surface area contributed by atoms with E-state index in [0.717, 1.165) is 28.6 Å². The third-order valence-electron chi connectivity index (χ3n) is 2.84. The molecule has 1 aliphatic heterocycles. The van der Waals surface area contributed by atoms with Crippen LogP contribution in [0.1, 0.15) is 18.4 Å². The third kappa shape index (κ3) is 3.73. The Morgan fingerprint density at radius 2 is 2.37 bits per heavy atom. The fourth-order valence-electron chi connectivity index (χ4n) is 1.86. The van der Waals surface area contributed by atoms with E-state index < -0.39 is 0 Å². The maximum Gasteiger partial charge on any atom is 0.286 e. The molecule has 102 valence electrons. The van der Waals surface area contributed by atoms with Crippen LogP contribution in [-0.2, 0) is 16.1 Å². The van der Waals surface area contributed by atoms with Gasteiger partial charge in [-0.1, -0.05) is 15.9 Å². The summed E-state index contributed by atoms with van der Waals surface area (Å²) in [6.07, 6.45) is 3.69. The Bertz CT molecular complexity index is 499. The second kappa shape index (κ2) is 6.61. The van der Waals surface area contributed by atoms with Crippen LogP contribution in [0.25, 0.3) is 0 Å². The molecule has 0 bridgehead atoms. The molecule has 0 aromatic heterocycles. The molecule has 0 saturated heterocycles. The van der Waals surface area contributed by atoms with Gasteiger partial charge in [-0.3, -0.25) is 4.79 Å². The van der Waals surface area contributed by atoms with E-state index in [4.69, 9.17) is 9.47 Å². The molecule has 0 saturated carbocycles. The number of ether oxygens (including phenoxy) is 2. The molecule has 0 spiro atoms. The highest BCUT2D eigenvalue weighted by Gasteiger charge is 2.14. The Balaban J connectivity index is 2.00. The second-order valence-corrected chi connectivity index (χ2v) is 5.11. The maximum absolute atomic E-state index is 11.9. The summed E-state index contributed by atoms with van der Waals surface area (Å²) in [7, 11) is 1.61. The molecular weight excluding hydrogens is 310 g/mol. The monoisotopic (exact) mass is 325 g/mol. The van der Waals surface area contributed by atoms with Crippen LogP contribution in [-0.4, -0.2) is 19.6 Å². The highest BCUT2D eigenvalue weighted by atomic mass is 79.9. The number of rotatable bonds is 4. The largest absolute Gasteiger partial charge is 0.496 e. The lowest BCUT2D eigenvalue weighted by Crippen LogP contribution is -2.27. The van der Waals surface area contributed by atoms with Gasteiger partial charge < -0.3 is 14.8 Å². The van der Waals surface area contributed by atoms with Crippen molar-refractivity contribution in [3.8, 4) is 5.75 Å². The summed E-state index contributed by atoms with van der Waals surface area (Å²) in [5, 5.41) is 2.84. The molecule has 1 N–H and O–H groups in total. The molecule has 1 amide bonds. The number of halogens is 1. The third-order valence-corrected chi connectivity index (χ3v) is 3.33. The van der Waals surface area contributed by atoms with Crippen LogP contribution in [0.4, 0.5) is 0 Å². The van der Waals surface area contributed by atoms with Crippen molar-refractivity contribution in [1.29, 1.82) is 0 Å². The number of amides is 1. The van der Waals surface area contributed by atoms with E-state index in [2.05, 4.69) is 21.2 Å². The average molecular weight is 326 g/mol.